The highest BCUT2D eigenvalue weighted by Gasteiger charge is 2.19. The molecule has 0 saturated heterocycles. The predicted octanol–water partition coefficient (Wildman–Crippen LogP) is 4.27. The van der Waals surface area contributed by atoms with Gasteiger partial charge in [-0.25, -0.2) is 4.39 Å². The maximum atomic E-state index is 13.2. The van der Waals surface area contributed by atoms with Crippen LogP contribution in [0.15, 0.2) is 54.9 Å². The second-order valence-electron chi connectivity index (χ2n) is 3.74. The average molecular weight is 256 g/mol. The first kappa shape index (κ1) is 14.5. The lowest BCUT2D eigenvalue weighted by Gasteiger charge is -2.14. The Morgan fingerprint density at radius 1 is 1.22 bits per heavy atom. The molecule has 1 atom stereocenters. The van der Waals surface area contributed by atoms with Crippen molar-refractivity contribution in [2.45, 2.75) is 18.9 Å². The van der Waals surface area contributed by atoms with Crippen LogP contribution in [0.3, 0.4) is 0 Å². The third-order valence-corrected chi connectivity index (χ3v) is 2.42. The number of aryl methyl sites for hydroxylation is 1. The number of ether oxygens (including phenoxy) is 1. The molecule has 0 aromatic heterocycles. The fourth-order valence-electron chi connectivity index (χ4n) is 1.53. The second kappa shape index (κ2) is 7.71. The molecule has 0 amide bonds. The molecule has 0 N–H and O–H groups in total. The van der Waals surface area contributed by atoms with Crippen molar-refractivity contribution in [2.75, 3.05) is 6.61 Å². The van der Waals surface area contributed by atoms with E-state index in [1.807, 2.05) is 30.3 Å². The Hall–Kier alpha value is -1.55. The summed E-state index contributed by atoms with van der Waals surface area (Å²) in [6.45, 7) is 3.45. The maximum Gasteiger partial charge on any atom is 0.304 e. The molecule has 0 saturated carbocycles. The summed E-state index contributed by atoms with van der Waals surface area (Å²) in [5.41, 5.74) is 0.955. The molecule has 0 spiro atoms. The largest absolute Gasteiger partial charge is 0.367 e. The van der Waals surface area contributed by atoms with Crippen molar-refractivity contribution in [3.63, 3.8) is 0 Å². The molecule has 0 aliphatic rings. The normalized spacial score (nSPS) is 11.9. The first-order valence-electron chi connectivity index (χ1n) is 5.62. The lowest BCUT2D eigenvalue weighted by atomic mass is 10.1. The minimum Gasteiger partial charge on any atom is -0.367 e. The topological polar surface area (TPSA) is 9.23 Å². The zero-order chi connectivity index (χ0) is 13.4. The van der Waals surface area contributed by atoms with Gasteiger partial charge < -0.3 is 4.74 Å². The summed E-state index contributed by atoms with van der Waals surface area (Å²) in [6.07, 6.45) is -1.49. The fraction of sp³-hybridized carbons (Fsp3) is 0.286. The quantitative estimate of drug-likeness (QED) is 0.662. The van der Waals surface area contributed by atoms with E-state index in [0.29, 0.717) is 6.42 Å². The SMILES string of the molecule is C=CCO[C@@H](CCc1ccccc1)C(F)=C(F)F. The van der Waals surface area contributed by atoms with Gasteiger partial charge >= 0.3 is 6.08 Å². The van der Waals surface area contributed by atoms with Crippen LogP contribution in [-0.2, 0) is 11.2 Å². The number of rotatable bonds is 7. The summed E-state index contributed by atoms with van der Waals surface area (Å²) in [5, 5.41) is 0. The standard InChI is InChI=1S/C14H15F3O/c1-2-10-18-12(13(15)14(16)17)9-8-11-6-4-3-5-7-11/h2-7,12H,1,8-10H2/t12-/m0/s1. The highest BCUT2D eigenvalue weighted by molar-refractivity contribution is 5.15. The summed E-state index contributed by atoms with van der Waals surface area (Å²) < 4.78 is 42.7. The molecule has 0 bridgehead atoms. The van der Waals surface area contributed by atoms with E-state index in [4.69, 9.17) is 4.74 Å². The molecule has 18 heavy (non-hydrogen) atoms. The Kier molecular flexibility index (Phi) is 6.22. The van der Waals surface area contributed by atoms with Gasteiger partial charge in [-0.2, -0.15) is 8.78 Å². The van der Waals surface area contributed by atoms with Crippen LogP contribution < -0.4 is 0 Å². The molecule has 0 aliphatic heterocycles. The number of halogens is 3. The summed E-state index contributed by atoms with van der Waals surface area (Å²) in [5.74, 6) is -1.49. The van der Waals surface area contributed by atoms with Crippen LogP contribution in [0, 0.1) is 0 Å². The average Bonchev–Trinajstić information content (AvgIpc) is 2.39. The molecular weight excluding hydrogens is 241 g/mol. The van der Waals surface area contributed by atoms with Gasteiger partial charge in [0.1, 0.15) is 6.10 Å². The van der Waals surface area contributed by atoms with Gasteiger partial charge in [0.05, 0.1) is 6.61 Å². The summed E-state index contributed by atoms with van der Waals surface area (Å²) in [4.78, 5) is 0. The van der Waals surface area contributed by atoms with Crippen LogP contribution in [0.2, 0.25) is 0 Å². The first-order chi connectivity index (χ1) is 8.65. The zero-order valence-electron chi connectivity index (χ0n) is 9.91. The summed E-state index contributed by atoms with van der Waals surface area (Å²) in [7, 11) is 0. The Labute approximate surface area is 105 Å². The van der Waals surface area contributed by atoms with E-state index in [2.05, 4.69) is 6.58 Å². The first-order valence-corrected chi connectivity index (χ1v) is 5.62. The molecule has 0 aliphatic carbocycles. The monoisotopic (exact) mass is 256 g/mol. The van der Waals surface area contributed by atoms with Gasteiger partial charge in [0.15, 0.2) is 5.83 Å². The lowest BCUT2D eigenvalue weighted by molar-refractivity contribution is 0.0713. The number of hydrogen-bond acceptors (Lipinski definition) is 1. The van der Waals surface area contributed by atoms with E-state index in [1.54, 1.807) is 0 Å². The van der Waals surface area contributed by atoms with Crippen LogP contribution in [-0.4, -0.2) is 12.7 Å². The molecular formula is C14H15F3O. The minimum absolute atomic E-state index is 0.0418. The third kappa shape index (κ3) is 4.75. The van der Waals surface area contributed by atoms with Crippen molar-refractivity contribution in [2.24, 2.45) is 0 Å². The zero-order valence-corrected chi connectivity index (χ0v) is 9.91. The molecule has 98 valence electrons. The van der Waals surface area contributed by atoms with Gasteiger partial charge in [-0.3, -0.25) is 0 Å². The molecule has 4 heteroatoms. The highest BCUT2D eigenvalue weighted by Crippen LogP contribution is 2.20. The van der Waals surface area contributed by atoms with Crippen LogP contribution in [0.25, 0.3) is 0 Å². The van der Waals surface area contributed by atoms with E-state index in [9.17, 15) is 13.2 Å². The van der Waals surface area contributed by atoms with Crippen LogP contribution in [0.5, 0.6) is 0 Å². The van der Waals surface area contributed by atoms with Crippen molar-refractivity contribution in [3.05, 3.63) is 60.5 Å². The van der Waals surface area contributed by atoms with E-state index in [-0.39, 0.29) is 13.0 Å². The molecule has 1 rings (SSSR count). The molecule has 1 nitrogen and oxygen atoms in total. The van der Waals surface area contributed by atoms with Gasteiger partial charge in [0, 0.05) is 0 Å². The van der Waals surface area contributed by atoms with Crippen molar-refractivity contribution < 1.29 is 17.9 Å². The summed E-state index contributed by atoms with van der Waals surface area (Å²) >= 11 is 0. The fourth-order valence-corrected chi connectivity index (χ4v) is 1.53. The van der Waals surface area contributed by atoms with Crippen molar-refractivity contribution >= 4 is 0 Å². The van der Waals surface area contributed by atoms with Crippen molar-refractivity contribution in [1.29, 1.82) is 0 Å². The Morgan fingerprint density at radius 2 is 1.89 bits per heavy atom. The van der Waals surface area contributed by atoms with E-state index >= 15 is 0 Å². The van der Waals surface area contributed by atoms with E-state index < -0.39 is 18.0 Å². The van der Waals surface area contributed by atoms with Gasteiger partial charge in [-0.05, 0) is 18.4 Å². The van der Waals surface area contributed by atoms with Crippen LogP contribution >= 0.6 is 0 Å². The van der Waals surface area contributed by atoms with Crippen molar-refractivity contribution in [3.8, 4) is 0 Å². The van der Waals surface area contributed by atoms with Gasteiger partial charge in [0.2, 0.25) is 0 Å². The molecule has 0 unspecified atom stereocenters. The lowest BCUT2D eigenvalue weighted by Crippen LogP contribution is -2.15. The molecule has 0 radical (unpaired) electrons. The molecule has 1 aromatic carbocycles. The van der Waals surface area contributed by atoms with Crippen LogP contribution in [0.1, 0.15) is 12.0 Å². The number of benzene rings is 1. The molecule has 0 heterocycles. The Balaban J connectivity index is 2.62. The Bertz CT molecular complexity index is 397. The van der Waals surface area contributed by atoms with Gasteiger partial charge in [-0.1, -0.05) is 36.4 Å². The maximum absolute atomic E-state index is 13.2. The minimum atomic E-state index is -2.32. The second-order valence-corrected chi connectivity index (χ2v) is 3.74. The van der Waals surface area contributed by atoms with Gasteiger partial charge in [0.25, 0.3) is 0 Å². The summed E-state index contributed by atoms with van der Waals surface area (Å²) in [6, 6.07) is 9.26. The van der Waals surface area contributed by atoms with E-state index in [1.165, 1.54) is 6.08 Å². The van der Waals surface area contributed by atoms with Crippen molar-refractivity contribution in [1.82, 2.24) is 0 Å². The van der Waals surface area contributed by atoms with Gasteiger partial charge in [-0.15, -0.1) is 6.58 Å². The molecule has 1 aromatic rings. The van der Waals surface area contributed by atoms with E-state index in [0.717, 1.165) is 5.56 Å². The van der Waals surface area contributed by atoms with Crippen LogP contribution in [0.4, 0.5) is 13.2 Å². The highest BCUT2D eigenvalue weighted by atomic mass is 19.3. The predicted molar refractivity (Wildman–Crippen MR) is 65.1 cm³/mol. The number of hydrogen-bond donors (Lipinski definition) is 0. The Morgan fingerprint density at radius 3 is 2.44 bits per heavy atom. The smallest absolute Gasteiger partial charge is 0.304 e. The molecule has 0 fully saturated rings. The third-order valence-electron chi connectivity index (χ3n) is 2.42.